The summed E-state index contributed by atoms with van der Waals surface area (Å²) in [5, 5.41) is 36.1. The lowest BCUT2D eigenvalue weighted by Gasteiger charge is -2.47. The maximum Gasteiger partial charge on any atom is 0.407 e. The molecular formula is C100H198N9O11+. The fraction of sp³-hybridized carbons (Fsp3) is 0.880. The molecule has 120 heavy (non-hydrogen) atoms. The molecule has 2 aliphatic carbocycles. The van der Waals surface area contributed by atoms with Crippen LogP contribution in [0.3, 0.4) is 0 Å². The lowest BCUT2D eigenvalue weighted by molar-refractivity contribution is 0.0620. The quantitative estimate of drug-likeness (QED) is 0.0224. The number of nitrogens with one attached hydrogen (secondary N) is 6. The highest BCUT2D eigenvalue weighted by Crippen LogP contribution is 2.47. The molecule has 0 heterocycles. The van der Waals surface area contributed by atoms with Gasteiger partial charge in [0, 0.05) is 114 Å². The summed E-state index contributed by atoms with van der Waals surface area (Å²) in [6.45, 7) is 64.0. The zero-order valence-corrected chi connectivity index (χ0v) is 83.4. The smallest absolute Gasteiger partial charge is 0.407 e. The Hall–Kier alpha value is -4.76. The molecule has 0 spiro atoms. The molecule has 1 aromatic rings. The van der Waals surface area contributed by atoms with Crippen LogP contribution in [0, 0.1) is 46.3 Å². The fourth-order valence-corrected chi connectivity index (χ4v) is 17.9. The molecule has 0 saturated heterocycles. The molecule has 0 aromatic heterocycles. The normalized spacial score (nSPS) is 17.9. The number of hydrogen-bond donors (Lipinski definition) is 8. The maximum absolute atomic E-state index is 13.0. The summed E-state index contributed by atoms with van der Waals surface area (Å²) in [6, 6.07) is 11.5. The number of amides is 8. The van der Waals surface area contributed by atoms with Gasteiger partial charge in [-0.3, -0.25) is 4.90 Å². The molecule has 0 aliphatic heterocycles. The molecular weight excluding hydrogens is 1500 g/mol. The number of aliphatic hydroxyl groups is 2. The number of para-hydroxylation sites is 1. The number of carbonyl (C=O) groups excluding carboxylic acids is 5. The van der Waals surface area contributed by atoms with Gasteiger partial charge in [0.25, 0.3) is 0 Å². The van der Waals surface area contributed by atoms with Crippen LogP contribution in [-0.2, 0) is 18.9 Å². The molecule has 7 unspecified atom stereocenters. The van der Waals surface area contributed by atoms with E-state index in [4.69, 9.17) is 29.2 Å². The van der Waals surface area contributed by atoms with Crippen molar-refractivity contribution >= 4 is 36.0 Å². The van der Waals surface area contributed by atoms with Gasteiger partial charge < -0.3 is 70.9 Å². The first kappa shape index (κ1) is 119. The minimum atomic E-state index is -0.335. The van der Waals surface area contributed by atoms with Gasteiger partial charge in [0.15, 0.2) is 6.04 Å². The third-order valence-corrected chi connectivity index (χ3v) is 23.2. The van der Waals surface area contributed by atoms with E-state index in [1.54, 1.807) is 19.1 Å². The van der Waals surface area contributed by atoms with Gasteiger partial charge >= 0.3 is 30.3 Å². The maximum atomic E-state index is 13.0. The molecule has 3 rings (SSSR count). The SMILES string of the molecule is CC(C)N(C(=O)Nc1ccccc1)C(C)C.CC(C)NC(C)C.CCC(CCCCCO)CCCCCO.CCC(CCCCCOC)CCCCCOC(=O)NCC1(C)CC(NC(=O)OCCCCCC(CC)CCCCCOC)CC(C)(C)C1.CCCC.[CH2+]C(C)N(C(=O)NCC1(C)CC(NC(=O)N(C(C)C)C(C)C)CC(C)(C)C1)C(C)C. The van der Waals surface area contributed by atoms with E-state index in [1.807, 2.05) is 116 Å². The summed E-state index contributed by atoms with van der Waals surface area (Å²) in [5.74, 6) is 2.47. The Morgan fingerprint density at radius 1 is 0.417 bits per heavy atom. The van der Waals surface area contributed by atoms with Gasteiger partial charge in [-0.2, -0.15) is 0 Å². The Labute approximate surface area is 740 Å². The van der Waals surface area contributed by atoms with Crippen LogP contribution in [0.5, 0.6) is 0 Å². The molecule has 20 nitrogen and oxygen atoms in total. The Bertz CT molecular complexity index is 2570. The van der Waals surface area contributed by atoms with Gasteiger partial charge in [0.1, 0.15) is 0 Å². The fourth-order valence-electron chi connectivity index (χ4n) is 17.9. The first-order chi connectivity index (χ1) is 56.5. The largest absolute Gasteiger partial charge is 0.450 e. The predicted octanol–water partition coefficient (Wildman–Crippen LogP) is 25.3. The second kappa shape index (κ2) is 71.4. The number of nitrogens with zero attached hydrogens (tertiary/aromatic N) is 3. The number of methoxy groups -OCH3 is 2. The molecule has 2 saturated carbocycles. The van der Waals surface area contributed by atoms with E-state index < -0.39 is 0 Å². The number of benzene rings is 1. The number of aliphatic hydroxyl groups excluding tert-OH is 2. The highest BCUT2D eigenvalue weighted by atomic mass is 16.6. The average Bonchev–Trinajstić information content (AvgIpc) is 0.790. The minimum absolute atomic E-state index is 0.00551. The first-order valence-electron chi connectivity index (χ1n) is 48.5. The Balaban J connectivity index is -0.00000160. The topological polar surface area (TPSA) is 245 Å². The second-order valence-corrected chi connectivity index (χ2v) is 39.6. The van der Waals surface area contributed by atoms with Gasteiger partial charge in [-0.15, -0.1) is 0 Å². The monoisotopic (exact) mass is 1700 g/mol. The highest BCUT2D eigenvalue weighted by molar-refractivity contribution is 5.89. The molecule has 8 amide bonds. The number of alkyl carbamates (subject to hydrolysis) is 2. The second-order valence-electron chi connectivity index (χ2n) is 39.6. The van der Waals surface area contributed by atoms with Crippen LogP contribution in [0.4, 0.5) is 29.7 Å². The van der Waals surface area contributed by atoms with Crippen LogP contribution in [-0.4, -0.2) is 183 Å². The lowest BCUT2D eigenvalue weighted by Crippen LogP contribution is -2.56. The molecule has 7 atom stereocenters. The van der Waals surface area contributed by atoms with Crippen LogP contribution in [0.2, 0.25) is 0 Å². The molecule has 1 aromatic carbocycles. The number of unbranched alkanes of at least 4 members (excludes halogenated alkanes) is 13. The van der Waals surface area contributed by atoms with E-state index in [9.17, 15) is 24.0 Å². The van der Waals surface area contributed by atoms with E-state index in [0.717, 1.165) is 127 Å². The molecule has 20 heteroatoms. The van der Waals surface area contributed by atoms with Crippen molar-refractivity contribution in [3.63, 3.8) is 0 Å². The van der Waals surface area contributed by atoms with Crippen molar-refractivity contribution in [1.82, 2.24) is 41.3 Å². The molecule has 8 N–H and O–H groups in total. The minimum Gasteiger partial charge on any atom is -0.450 e. The lowest BCUT2D eigenvalue weighted by atomic mass is 9.62. The molecule has 2 aliphatic rings. The summed E-state index contributed by atoms with van der Waals surface area (Å²) >= 11 is 0. The van der Waals surface area contributed by atoms with Gasteiger partial charge in [-0.1, -0.05) is 270 Å². The zero-order valence-electron chi connectivity index (χ0n) is 83.4. The Morgan fingerprint density at radius 3 is 1.07 bits per heavy atom. The van der Waals surface area contributed by atoms with Crippen molar-refractivity contribution in [3.8, 4) is 0 Å². The van der Waals surface area contributed by atoms with Gasteiger partial charge in [0.05, 0.1) is 20.1 Å². The van der Waals surface area contributed by atoms with E-state index in [0.29, 0.717) is 51.6 Å². The number of urea groups is 3. The van der Waals surface area contributed by atoms with Crippen molar-refractivity contribution in [2.45, 2.75) is 465 Å². The van der Waals surface area contributed by atoms with Gasteiger partial charge in [-0.25, -0.2) is 24.0 Å². The summed E-state index contributed by atoms with van der Waals surface area (Å²) in [4.78, 5) is 68.4. The number of carbonyl (C=O) groups is 5. The number of rotatable bonds is 53. The highest BCUT2D eigenvalue weighted by Gasteiger charge is 2.44. The number of ether oxygens (including phenoxy) is 4. The first-order valence-corrected chi connectivity index (χ1v) is 48.5. The Kier molecular flexibility index (Phi) is 71.0. The third-order valence-electron chi connectivity index (χ3n) is 23.2. The third kappa shape index (κ3) is 63.2. The summed E-state index contributed by atoms with van der Waals surface area (Å²) in [5.41, 5.74) is 0.767. The van der Waals surface area contributed by atoms with Gasteiger partial charge in [-0.05, 0) is 205 Å². The molecule has 0 bridgehead atoms. The molecule has 708 valence electrons. The van der Waals surface area contributed by atoms with E-state index in [-0.39, 0.29) is 100 Å². The number of anilines is 1. The summed E-state index contributed by atoms with van der Waals surface area (Å²) < 4.78 is 21.4. The molecule has 2 fully saturated rings. The van der Waals surface area contributed by atoms with Crippen LogP contribution in [0.15, 0.2) is 30.3 Å². The van der Waals surface area contributed by atoms with E-state index >= 15 is 0 Å². The van der Waals surface area contributed by atoms with E-state index in [1.165, 1.54) is 135 Å². The number of hydrogen-bond acceptors (Lipinski definition) is 12. The summed E-state index contributed by atoms with van der Waals surface area (Å²) in [6.07, 6.45) is 39.6. The van der Waals surface area contributed by atoms with Crippen molar-refractivity contribution in [2.75, 3.05) is 72.3 Å². The van der Waals surface area contributed by atoms with Crippen molar-refractivity contribution in [2.24, 2.45) is 39.4 Å². The average molecular weight is 1700 g/mol. The zero-order chi connectivity index (χ0) is 91.7. The molecule has 0 radical (unpaired) electrons. The predicted molar refractivity (Wildman–Crippen MR) is 510 cm³/mol. The standard InChI is InChI=1S/C40H78N2O6.C24H46N4O2.C13H20N2O.C13H28O2.C6H15N.C4H10/c1-8-34(22-14-10-18-26-45-6)24-16-12-20-28-47-37(43)41-33-40(5)31-36(30-39(3,4)32-40)42-38(44)48-29-21-13-17-25-35(9-2)23-15-11-19-27-46-7;1-16(2)27(17(3)4)21(29)25-15-24(11)13-20(12-23(9,10)14-24)26-22(30)28(18(5)6)19(7)8;1-10(2)15(11(3)4)13(16)14-12-8-6-5-7-9-12;1-2-13(9-5-3-7-11-14)10-6-4-8-12-15;1-5(2)7-6(3)4;1-3-4-2/h34-36H,8-33H2,1-7H3,(H,41,43)(H,42,44);16-20H,1,12-15H2,2-11H3,(H-,25,26,29,30);5-11H,1-4H3,(H,14,16);13-15H,2-12H2,1H3;5-7H,1-4H3;3-4H2,1-2H3/p+1. The van der Waals surface area contributed by atoms with Crippen LogP contribution < -0.4 is 31.9 Å². The van der Waals surface area contributed by atoms with Crippen LogP contribution in [0.25, 0.3) is 0 Å². The van der Waals surface area contributed by atoms with E-state index in [2.05, 4.69) is 143 Å². The van der Waals surface area contributed by atoms with Crippen molar-refractivity contribution in [1.29, 1.82) is 0 Å². The van der Waals surface area contributed by atoms with Crippen molar-refractivity contribution in [3.05, 3.63) is 37.3 Å². The van der Waals surface area contributed by atoms with Crippen LogP contribution >= 0.6 is 0 Å². The summed E-state index contributed by atoms with van der Waals surface area (Å²) in [7, 11) is 3.54. The van der Waals surface area contributed by atoms with Crippen molar-refractivity contribution < 1.29 is 53.1 Å². The van der Waals surface area contributed by atoms with Crippen LogP contribution in [0.1, 0.15) is 405 Å². The Morgan fingerprint density at radius 2 is 0.750 bits per heavy atom. The van der Waals surface area contributed by atoms with Gasteiger partial charge in [0.2, 0.25) is 0 Å².